The lowest BCUT2D eigenvalue weighted by molar-refractivity contribution is 0.733. The van der Waals surface area contributed by atoms with E-state index < -0.39 is 0 Å². The molecule has 0 N–H and O–H groups in total. The van der Waals surface area contributed by atoms with Gasteiger partial charge in [-0.1, -0.05) is 41.4 Å². The molecule has 0 amide bonds. The molecule has 0 aliphatic carbocycles. The largest absolute Gasteiger partial charge is 0.374 e. The van der Waals surface area contributed by atoms with E-state index in [2.05, 4.69) is 42.3 Å². The summed E-state index contributed by atoms with van der Waals surface area (Å²) in [5, 5.41) is 1.53. The Morgan fingerprint density at radius 3 is 2.41 bits per heavy atom. The Morgan fingerprint density at radius 1 is 0.909 bits per heavy atom. The summed E-state index contributed by atoms with van der Waals surface area (Å²) in [6.07, 6.45) is 5.81. The zero-order valence-corrected chi connectivity index (χ0v) is 14.2. The van der Waals surface area contributed by atoms with Crippen LogP contribution < -0.4 is 4.90 Å². The molecule has 3 rings (SSSR count). The number of benzene rings is 2. The number of halogens is 2. The first-order valence-electron chi connectivity index (χ1n) is 7.62. The third-order valence-corrected chi connectivity index (χ3v) is 4.60. The van der Waals surface area contributed by atoms with E-state index in [-0.39, 0.29) is 0 Å². The minimum Gasteiger partial charge on any atom is -0.374 e. The van der Waals surface area contributed by atoms with Crippen molar-refractivity contribution in [1.29, 1.82) is 0 Å². The van der Waals surface area contributed by atoms with Gasteiger partial charge in [0.05, 0.1) is 0 Å². The lowest BCUT2D eigenvalue weighted by Crippen LogP contribution is -2.19. The highest BCUT2D eigenvalue weighted by atomic mass is 35.5. The fraction of sp³-hybridized carbons (Fsp3) is 0.263. The van der Waals surface area contributed by atoms with Crippen LogP contribution in [0.25, 0.3) is 5.57 Å². The second-order valence-corrected chi connectivity index (χ2v) is 6.58. The van der Waals surface area contributed by atoms with Crippen molar-refractivity contribution in [3.05, 3.63) is 69.7 Å². The molecule has 1 aliphatic heterocycles. The molecular weight excluding hydrogens is 313 g/mol. The molecule has 1 heterocycles. The van der Waals surface area contributed by atoms with Crippen LogP contribution in [0.2, 0.25) is 10.0 Å². The van der Waals surface area contributed by atoms with Crippen LogP contribution in [0.5, 0.6) is 0 Å². The smallest absolute Gasteiger partial charge is 0.0444 e. The van der Waals surface area contributed by atoms with Crippen molar-refractivity contribution < 1.29 is 0 Å². The molecule has 22 heavy (non-hydrogen) atoms. The van der Waals surface area contributed by atoms with Gasteiger partial charge in [-0.15, -0.1) is 0 Å². The van der Waals surface area contributed by atoms with Crippen LogP contribution in [-0.4, -0.2) is 13.6 Å². The summed E-state index contributed by atoms with van der Waals surface area (Å²) < 4.78 is 0. The summed E-state index contributed by atoms with van der Waals surface area (Å²) in [6.45, 7) is 1.07. The standard InChI is InChI=1S/C19H19Cl2N/c1-22-12-4-2-3-5-17(14-6-8-15(20)9-7-14)18-13-16(21)10-11-19(18)22/h5-11,13H,2-4,12H2,1H3/b17-5+. The quantitative estimate of drug-likeness (QED) is 0.615. The average Bonchev–Trinajstić information content (AvgIpc) is 2.58. The number of hydrogen-bond donors (Lipinski definition) is 0. The van der Waals surface area contributed by atoms with Gasteiger partial charge < -0.3 is 4.90 Å². The first-order chi connectivity index (χ1) is 10.6. The lowest BCUT2D eigenvalue weighted by atomic mass is 9.95. The maximum atomic E-state index is 6.27. The van der Waals surface area contributed by atoms with Gasteiger partial charge in [0.1, 0.15) is 0 Å². The van der Waals surface area contributed by atoms with Crippen LogP contribution in [0.3, 0.4) is 0 Å². The first-order valence-corrected chi connectivity index (χ1v) is 8.38. The third kappa shape index (κ3) is 3.31. The van der Waals surface area contributed by atoms with Crippen LogP contribution >= 0.6 is 23.2 Å². The minimum atomic E-state index is 0.760. The van der Waals surface area contributed by atoms with Gasteiger partial charge in [-0.25, -0.2) is 0 Å². The van der Waals surface area contributed by atoms with Crippen molar-refractivity contribution in [2.75, 3.05) is 18.5 Å². The highest BCUT2D eigenvalue weighted by Crippen LogP contribution is 2.35. The van der Waals surface area contributed by atoms with Crippen molar-refractivity contribution in [3.63, 3.8) is 0 Å². The van der Waals surface area contributed by atoms with E-state index in [4.69, 9.17) is 23.2 Å². The van der Waals surface area contributed by atoms with E-state index in [1.54, 1.807) is 0 Å². The van der Waals surface area contributed by atoms with Crippen molar-refractivity contribution in [1.82, 2.24) is 0 Å². The molecule has 0 saturated carbocycles. The number of hydrogen-bond acceptors (Lipinski definition) is 1. The number of allylic oxidation sites excluding steroid dienone is 1. The van der Waals surface area contributed by atoms with Crippen molar-refractivity contribution in [2.45, 2.75) is 19.3 Å². The van der Waals surface area contributed by atoms with Crippen LogP contribution in [0, 0.1) is 0 Å². The molecule has 0 saturated heterocycles. The molecule has 1 aliphatic rings. The van der Waals surface area contributed by atoms with E-state index in [0.29, 0.717) is 0 Å². The zero-order chi connectivity index (χ0) is 15.5. The molecule has 114 valence electrons. The van der Waals surface area contributed by atoms with Gasteiger partial charge in [0, 0.05) is 34.9 Å². The average molecular weight is 332 g/mol. The fourth-order valence-corrected chi connectivity index (χ4v) is 3.23. The second-order valence-electron chi connectivity index (χ2n) is 5.70. The van der Waals surface area contributed by atoms with E-state index in [9.17, 15) is 0 Å². The SMILES string of the molecule is CN1CCCC/C=C(\c2ccc(Cl)cc2)c2cc(Cl)ccc21. The van der Waals surface area contributed by atoms with Gasteiger partial charge in [-0.2, -0.15) is 0 Å². The third-order valence-electron chi connectivity index (χ3n) is 4.11. The van der Waals surface area contributed by atoms with E-state index >= 15 is 0 Å². The summed E-state index contributed by atoms with van der Waals surface area (Å²) in [7, 11) is 2.15. The van der Waals surface area contributed by atoms with E-state index in [1.165, 1.54) is 35.2 Å². The molecule has 0 aromatic heterocycles. The van der Waals surface area contributed by atoms with Gasteiger partial charge in [0.2, 0.25) is 0 Å². The topological polar surface area (TPSA) is 3.24 Å². The predicted molar refractivity (Wildman–Crippen MR) is 97.1 cm³/mol. The Kier molecular flexibility index (Phi) is 4.75. The van der Waals surface area contributed by atoms with Gasteiger partial charge in [0.15, 0.2) is 0 Å². The molecular formula is C19H19Cl2N. The van der Waals surface area contributed by atoms with Gasteiger partial charge in [-0.05, 0) is 60.7 Å². The van der Waals surface area contributed by atoms with Gasteiger partial charge in [-0.3, -0.25) is 0 Å². The Morgan fingerprint density at radius 2 is 1.64 bits per heavy atom. The van der Waals surface area contributed by atoms with E-state index in [0.717, 1.165) is 23.0 Å². The highest BCUT2D eigenvalue weighted by Gasteiger charge is 2.15. The minimum absolute atomic E-state index is 0.760. The Bertz CT molecular complexity index is 689. The Labute approximate surface area is 142 Å². The maximum Gasteiger partial charge on any atom is 0.0444 e. The summed E-state index contributed by atoms with van der Waals surface area (Å²) >= 11 is 12.3. The molecule has 0 spiro atoms. The van der Waals surface area contributed by atoms with Crippen LogP contribution in [0.4, 0.5) is 5.69 Å². The van der Waals surface area contributed by atoms with Gasteiger partial charge in [0.25, 0.3) is 0 Å². The molecule has 0 bridgehead atoms. The second kappa shape index (κ2) is 6.76. The maximum absolute atomic E-state index is 6.27. The molecule has 0 fully saturated rings. The summed E-state index contributed by atoms with van der Waals surface area (Å²) in [4.78, 5) is 2.32. The summed E-state index contributed by atoms with van der Waals surface area (Å²) in [5.74, 6) is 0. The van der Waals surface area contributed by atoms with E-state index in [1.807, 2.05) is 18.2 Å². The Balaban J connectivity index is 2.16. The van der Waals surface area contributed by atoms with Crippen molar-refractivity contribution in [3.8, 4) is 0 Å². The number of anilines is 1. The van der Waals surface area contributed by atoms with Crippen LogP contribution in [0.15, 0.2) is 48.5 Å². The molecule has 3 heteroatoms. The molecule has 0 unspecified atom stereocenters. The zero-order valence-electron chi connectivity index (χ0n) is 12.7. The van der Waals surface area contributed by atoms with Crippen LogP contribution in [0.1, 0.15) is 30.4 Å². The van der Waals surface area contributed by atoms with Gasteiger partial charge >= 0.3 is 0 Å². The lowest BCUT2D eigenvalue weighted by Gasteiger charge is -2.23. The number of fused-ring (bicyclic) bond motifs is 1. The number of nitrogens with zero attached hydrogens (tertiary/aromatic N) is 1. The molecule has 1 nitrogen and oxygen atoms in total. The summed E-state index contributed by atoms with van der Waals surface area (Å²) in [5.41, 5.74) is 4.85. The van der Waals surface area contributed by atoms with Crippen LogP contribution in [-0.2, 0) is 0 Å². The Hall–Kier alpha value is -1.44. The molecule has 2 aromatic rings. The first kappa shape index (κ1) is 15.5. The molecule has 2 aromatic carbocycles. The predicted octanol–water partition coefficient (Wildman–Crippen LogP) is 6.05. The molecule has 0 atom stereocenters. The monoisotopic (exact) mass is 331 g/mol. The fourth-order valence-electron chi connectivity index (χ4n) is 2.93. The molecule has 0 radical (unpaired) electrons. The van der Waals surface area contributed by atoms with Crippen molar-refractivity contribution >= 4 is 34.5 Å². The van der Waals surface area contributed by atoms with Crippen molar-refractivity contribution in [2.24, 2.45) is 0 Å². The normalized spacial score (nSPS) is 17.8. The summed E-state index contributed by atoms with van der Waals surface area (Å²) in [6, 6.07) is 14.2. The number of rotatable bonds is 1. The highest BCUT2D eigenvalue weighted by molar-refractivity contribution is 6.31.